The third kappa shape index (κ3) is 2.78. The molecule has 0 unspecified atom stereocenters. The van der Waals surface area contributed by atoms with Crippen molar-refractivity contribution in [2.45, 2.75) is 31.5 Å². The van der Waals surface area contributed by atoms with Crippen molar-refractivity contribution >= 4 is 28.4 Å². The van der Waals surface area contributed by atoms with Crippen LogP contribution in [0.1, 0.15) is 37.2 Å². The van der Waals surface area contributed by atoms with E-state index >= 15 is 0 Å². The molecule has 2 aromatic carbocycles. The maximum atomic E-state index is 14.2. The second-order valence-corrected chi connectivity index (χ2v) is 8.16. The predicted octanol–water partition coefficient (Wildman–Crippen LogP) is 2.74. The summed E-state index contributed by atoms with van der Waals surface area (Å²) in [6.07, 6.45) is 0. The summed E-state index contributed by atoms with van der Waals surface area (Å²) in [5, 5.41) is 12.6. The van der Waals surface area contributed by atoms with Gasteiger partial charge in [-0.25, -0.2) is 18.7 Å². The molecule has 8 nitrogen and oxygen atoms in total. The van der Waals surface area contributed by atoms with Gasteiger partial charge in [0.15, 0.2) is 0 Å². The van der Waals surface area contributed by atoms with Gasteiger partial charge in [-0.1, -0.05) is 12.1 Å². The second kappa shape index (κ2) is 6.34. The van der Waals surface area contributed by atoms with Crippen LogP contribution < -0.4 is 16.2 Å². The van der Waals surface area contributed by atoms with E-state index in [1.165, 1.54) is 30.3 Å². The quantitative estimate of drug-likeness (QED) is 0.548. The van der Waals surface area contributed by atoms with Gasteiger partial charge in [-0.3, -0.25) is 14.5 Å². The Kier molecular flexibility index (Phi) is 3.92. The Hall–Kier alpha value is -3.82. The van der Waals surface area contributed by atoms with E-state index in [2.05, 4.69) is 20.8 Å². The molecule has 0 saturated carbocycles. The Labute approximate surface area is 174 Å². The van der Waals surface area contributed by atoms with Gasteiger partial charge in [-0.05, 0) is 43.7 Å². The molecular weight excluding hydrogens is 408 g/mol. The van der Waals surface area contributed by atoms with E-state index in [1.54, 1.807) is 13.8 Å². The summed E-state index contributed by atoms with van der Waals surface area (Å²) in [7, 11) is 0. The van der Waals surface area contributed by atoms with Crippen molar-refractivity contribution in [3.63, 3.8) is 0 Å². The van der Waals surface area contributed by atoms with E-state index in [0.717, 1.165) is 11.0 Å². The zero-order valence-corrected chi connectivity index (χ0v) is 16.5. The van der Waals surface area contributed by atoms with Crippen LogP contribution in [0.4, 0.5) is 19.3 Å². The van der Waals surface area contributed by atoms with Crippen molar-refractivity contribution in [3.05, 3.63) is 69.6 Å². The van der Waals surface area contributed by atoms with Gasteiger partial charge in [0.05, 0.1) is 17.1 Å². The van der Waals surface area contributed by atoms with E-state index in [4.69, 9.17) is 0 Å². The highest BCUT2D eigenvalue weighted by molar-refractivity contribution is 6.08. The number of nitrogens with one attached hydrogen (secondary N) is 3. The number of urea groups is 1. The lowest BCUT2D eigenvalue weighted by Gasteiger charge is -2.38. The normalized spacial score (nSPS) is 21.9. The summed E-state index contributed by atoms with van der Waals surface area (Å²) in [4.78, 5) is 39.3. The molecule has 0 aliphatic carbocycles. The molecule has 10 heteroatoms. The lowest BCUT2D eigenvalue weighted by atomic mass is 9.88. The van der Waals surface area contributed by atoms with Gasteiger partial charge in [-0.2, -0.15) is 5.10 Å². The zero-order valence-electron chi connectivity index (χ0n) is 16.5. The summed E-state index contributed by atoms with van der Waals surface area (Å²) in [5.74, 6) is -1.57. The third-order valence-corrected chi connectivity index (χ3v) is 5.69. The highest BCUT2D eigenvalue weighted by Crippen LogP contribution is 2.46. The maximum absolute atomic E-state index is 14.2. The monoisotopic (exact) mass is 425 g/mol. The predicted molar refractivity (Wildman–Crippen MR) is 107 cm³/mol. The zero-order chi connectivity index (χ0) is 22.1. The first kappa shape index (κ1) is 19.2. The van der Waals surface area contributed by atoms with Crippen LogP contribution in [-0.4, -0.2) is 32.6 Å². The van der Waals surface area contributed by atoms with E-state index in [-0.39, 0.29) is 11.1 Å². The number of aromatic nitrogens is 2. The number of carbonyl (C=O) groups is 2. The van der Waals surface area contributed by atoms with Crippen molar-refractivity contribution < 1.29 is 18.4 Å². The minimum absolute atomic E-state index is 0.0429. The molecule has 1 fully saturated rings. The van der Waals surface area contributed by atoms with Crippen molar-refractivity contribution in [1.29, 1.82) is 0 Å². The van der Waals surface area contributed by atoms with Crippen molar-refractivity contribution in [2.75, 3.05) is 5.32 Å². The Morgan fingerprint density at radius 2 is 1.74 bits per heavy atom. The number of amides is 3. The van der Waals surface area contributed by atoms with Crippen LogP contribution in [0.3, 0.4) is 0 Å². The minimum Gasteiger partial charge on any atom is -0.375 e. The molecule has 1 aromatic heterocycles. The Morgan fingerprint density at radius 3 is 2.39 bits per heavy atom. The average molecular weight is 425 g/mol. The number of hydrogen-bond acceptors (Lipinski definition) is 5. The maximum Gasteiger partial charge on any atom is 0.325 e. The third-order valence-electron chi connectivity index (χ3n) is 5.69. The largest absolute Gasteiger partial charge is 0.375 e. The van der Waals surface area contributed by atoms with Gasteiger partial charge in [0.2, 0.25) is 0 Å². The van der Waals surface area contributed by atoms with Crippen molar-refractivity contribution in [1.82, 2.24) is 20.4 Å². The standard InChI is InChI=1S/C21H17F2N5O3/c1-21(2)19(30)28(20(31)25-21)17-15(9-3-5-10(22)6-4-9)24-13-8-11(23)7-12-14(13)16(17)26-27-18(12)29/h3-8,15,17,24H,1-2H3,(H,25,31)(H,27,29)/t15-,17-/m1/s1. The molecule has 3 aromatic rings. The summed E-state index contributed by atoms with van der Waals surface area (Å²) in [6.45, 7) is 3.16. The molecule has 2 atom stereocenters. The number of imide groups is 1. The number of benzene rings is 2. The molecule has 158 valence electrons. The van der Waals surface area contributed by atoms with Crippen LogP contribution in [0, 0.1) is 11.6 Å². The van der Waals surface area contributed by atoms with E-state index in [1.807, 2.05) is 0 Å². The highest BCUT2D eigenvalue weighted by atomic mass is 19.1. The minimum atomic E-state index is -1.14. The number of carbonyl (C=O) groups excluding carboxylic acids is 2. The van der Waals surface area contributed by atoms with Crippen LogP contribution in [0.2, 0.25) is 0 Å². The molecule has 1 saturated heterocycles. The van der Waals surface area contributed by atoms with E-state index in [0.29, 0.717) is 16.6 Å². The molecule has 2 aliphatic rings. The molecule has 3 heterocycles. The van der Waals surface area contributed by atoms with Crippen LogP contribution in [0.5, 0.6) is 0 Å². The summed E-state index contributed by atoms with van der Waals surface area (Å²) in [6, 6.07) is 5.46. The average Bonchev–Trinajstić information content (AvgIpc) is 2.91. The molecule has 31 heavy (non-hydrogen) atoms. The van der Waals surface area contributed by atoms with Crippen molar-refractivity contribution in [3.8, 4) is 0 Å². The first-order chi connectivity index (χ1) is 14.7. The number of H-pyrrole nitrogens is 1. The Balaban J connectivity index is 1.79. The molecule has 3 N–H and O–H groups in total. The topological polar surface area (TPSA) is 107 Å². The Bertz CT molecular complexity index is 1320. The number of halogens is 2. The number of rotatable bonds is 2. The lowest BCUT2D eigenvalue weighted by Crippen LogP contribution is -2.44. The highest BCUT2D eigenvalue weighted by Gasteiger charge is 2.52. The lowest BCUT2D eigenvalue weighted by molar-refractivity contribution is -0.132. The van der Waals surface area contributed by atoms with Crippen LogP contribution in [0.15, 0.2) is 41.2 Å². The number of nitrogens with zero attached hydrogens (tertiary/aromatic N) is 2. The van der Waals surface area contributed by atoms with Gasteiger partial charge >= 0.3 is 6.03 Å². The van der Waals surface area contributed by atoms with Crippen LogP contribution >= 0.6 is 0 Å². The van der Waals surface area contributed by atoms with Crippen LogP contribution in [0.25, 0.3) is 10.8 Å². The van der Waals surface area contributed by atoms with E-state index in [9.17, 15) is 23.2 Å². The van der Waals surface area contributed by atoms with E-state index < -0.39 is 46.8 Å². The number of anilines is 1. The summed E-state index contributed by atoms with van der Waals surface area (Å²) in [5.41, 5.74) is -0.667. The second-order valence-electron chi connectivity index (χ2n) is 8.16. The van der Waals surface area contributed by atoms with Gasteiger partial charge in [0.1, 0.15) is 23.2 Å². The number of aromatic amines is 1. The molecular formula is C21H17F2N5O3. The van der Waals surface area contributed by atoms with Gasteiger partial charge < -0.3 is 10.6 Å². The van der Waals surface area contributed by atoms with Gasteiger partial charge in [0.25, 0.3) is 11.5 Å². The molecule has 0 spiro atoms. The molecule has 0 bridgehead atoms. The first-order valence-corrected chi connectivity index (χ1v) is 9.57. The summed E-state index contributed by atoms with van der Waals surface area (Å²) < 4.78 is 27.8. The molecule has 2 aliphatic heterocycles. The van der Waals surface area contributed by atoms with Gasteiger partial charge in [0, 0.05) is 11.1 Å². The van der Waals surface area contributed by atoms with Gasteiger partial charge in [-0.15, -0.1) is 0 Å². The Morgan fingerprint density at radius 1 is 1.03 bits per heavy atom. The smallest absolute Gasteiger partial charge is 0.325 e. The summed E-state index contributed by atoms with van der Waals surface area (Å²) >= 11 is 0. The fraction of sp³-hybridized carbons (Fsp3) is 0.238. The first-order valence-electron chi connectivity index (χ1n) is 9.57. The van der Waals surface area contributed by atoms with Crippen molar-refractivity contribution in [2.24, 2.45) is 0 Å². The van der Waals surface area contributed by atoms with Crippen LogP contribution in [-0.2, 0) is 4.79 Å². The number of hydrogen-bond donors (Lipinski definition) is 3. The molecule has 0 radical (unpaired) electrons. The SMILES string of the molecule is CC1(C)NC(=O)N([C@H]2c3n[nH]c(=O)c4cc(F)cc(c34)N[C@@H]2c2ccc(F)cc2)C1=O. The molecule has 5 rings (SSSR count). The molecule has 3 amide bonds. The fourth-order valence-corrected chi connectivity index (χ4v) is 4.26. The fourth-order valence-electron chi connectivity index (χ4n) is 4.26.